The molecule has 0 spiro atoms. The highest BCUT2D eigenvalue weighted by atomic mass is 35.5. The van der Waals surface area contributed by atoms with Gasteiger partial charge >= 0.3 is 0 Å². The van der Waals surface area contributed by atoms with Crippen LogP contribution < -0.4 is 14.5 Å². The van der Waals surface area contributed by atoms with E-state index >= 15 is 0 Å². The topological polar surface area (TPSA) is 88.1 Å². The van der Waals surface area contributed by atoms with Gasteiger partial charge in [-0.1, -0.05) is 41.4 Å². The van der Waals surface area contributed by atoms with E-state index in [-0.39, 0.29) is 4.90 Å². The number of amides is 1. The van der Waals surface area contributed by atoms with Crippen LogP contribution >= 0.6 is 23.4 Å². The molecule has 0 atom stereocenters. The van der Waals surface area contributed by atoms with Crippen LogP contribution in [-0.2, 0) is 21.4 Å². The Morgan fingerprint density at radius 3 is 2.23 bits per heavy atom. The van der Waals surface area contributed by atoms with E-state index in [9.17, 15) is 13.2 Å². The molecule has 4 aromatic carbocycles. The fraction of sp³-hybridized carbons (Fsp3) is 0.133. The summed E-state index contributed by atoms with van der Waals surface area (Å²) in [7, 11) is -4.01. The monoisotopic (exact) mass is 593 g/mol. The number of anilines is 1. The van der Waals surface area contributed by atoms with Crippen molar-refractivity contribution in [3.63, 3.8) is 0 Å². The van der Waals surface area contributed by atoms with E-state index in [1.807, 2.05) is 37.4 Å². The van der Waals surface area contributed by atoms with Crippen LogP contribution in [0.3, 0.4) is 0 Å². The number of halogens is 1. The third kappa shape index (κ3) is 7.88. The third-order valence-electron chi connectivity index (χ3n) is 5.86. The summed E-state index contributed by atoms with van der Waals surface area (Å²) >= 11 is 7.43. The summed E-state index contributed by atoms with van der Waals surface area (Å²) in [6.45, 7) is 1.87. The predicted molar refractivity (Wildman–Crippen MR) is 162 cm³/mol. The number of rotatable bonds is 11. The Kier molecular flexibility index (Phi) is 9.87. The Balaban J connectivity index is 1.40. The SMILES string of the molecule is CSc1ccc(S(=O)(=O)N(CC(=O)N/N=C\c2ccc(OCc3ccc(Cl)cc3)cc2)c2ccc(C)cc2)cc1. The minimum absolute atomic E-state index is 0.0977. The average Bonchev–Trinajstić information content (AvgIpc) is 2.97. The second-order valence-corrected chi connectivity index (χ2v) is 12.0. The van der Waals surface area contributed by atoms with E-state index in [1.165, 1.54) is 18.0 Å². The van der Waals surface area contributed by atoms with Crippen molar-refractivity contribution < 1.29 is 17.9 Å². The highest BCUT2D eigenvalue weighted by Crippen LogP contribution is 2.26. The second-order valence-electron chi connectivity index (χ2n) is 8.80. The summed E-state index contributed by atoms with van der Waals surface area (Å²) < 4.78 is 33.9. The van der Waals surface area contributed by atoms with Crippen molar-refractivity contribution in [3.05, 3.63) is 119 Å². The van der Waals surface area contributed by atoms with Gasteiger partial charge in [0.15, 0.2) is 0 Å². The van der Waals surface area contributed by atoms with Crippen molar-refractivity contribution in [2.45, 2.75) is 23.3 Å². The Bertz CT molecular complexity index is 1560. The lowest BCUT2D eigenvalue weighted by molar-refractivity contribution is -0.119. The zero-order valence-electron chi connectivity index (χ0n) is 22.0. The molecule has 7 nitrogen and oxygen atoms in total. The Morgan fingerprint density at radius 1 is 0.950 bits per heavy atom. The lowest BCUT2D eigenvalue weighted by Gasteiger charge is -2.24. The van der Waals surface area contributed by atoms with Crippen LogP contribution in [0.1, 0.15) is 16.7 Å². The van der Waals surface area contributed by atoms with Crippen molar-refractivity contribution in [1.29, 1.82) is 0 Å². The third-order valence-corrected chi connectivity index (χ3v) is 8.64. The van der Waals surface area contributed by atoms with Gasteiger partial charge in [-0.3, -0.25) is 9.10 Å². The maximum Gasteiger partial charge on any atom is 0.264 e. The molecule has 4 aromatic rings. The number of hydrogen-bond acceptors (Lipinski definition) is 6. The number of nitrogens with one attached hydrogen (secondary N) is 1. The standard InChI is InChI=1S/C30H28ClN3O4S2/c1-22-3-11-26(12-4-22)34(40(36,37)29-17-15-28(39-2)16-18-29)20-30(35)33-32-19-23-7-13-27(14-8-23)38-21-24-5-9-25(31)10-6-24/h3-19H,20-21H2,1-2H3,(H,33,35)/b32-19-. The first-order valence-corrected chi connectivity index (χ1v) is 15.3. The summed E-state index contributed by atoms with van der Waals surface area (Å²) in [6, 6.07) is 28.1. The molecule has 0 radical (unpaired) electrons. The van der Waals surface area contributed by atoms with Gasteiger partial charge in [0.2, 0.25) is 0 Å². The van der Waals surface area contributed by atoms with Crippen molar-refractivity contribution in [2.75, 3.05) is 17.1 Å². The maximum absolute atomic E-state index is 13.5. The molecule has 0 saturated heterocycles. The van der Waals surface area contributed by atoms with Crippen molar-refractivity contribution >= 4 is 51.2 Å². The van der Waals surface area contributed by atoms with Crippen LogP contribution in [0.5, 0.6) is 5.75 Å². The van der Waals surface area contributed by atoms with Crippen LogP contribution in [0.2, 0.25) is 5.02 Å². The molecule has 1 amide bonds. The fourth-order valence-electron chi connectivity index (χ4n) is 3.64. The molecule has 0 unspecified atom stereocenters. The van der Waals surface area contributed by atoms with Gasteiger partial charge < -0.3 is 4.74 Å². The van der Waals surface area contributed by atoms with E-state index in [4.69, 9.17) is 16.3 Å². The van der Waals surface area contributed by atoms with E-state index < -0.39 is 22.5 Å². The molecule has 1 N–H and O–H groups in total. The van der Waals surface area contributed by atoms with Crippen LogP contribution in [0, 0.1) is 6.92 Å². The number of ether oxygens (including phenoxy) is 1. The Morgan fingerprint density at radius 2 is 1.60 bits per heavy atom. The molecule has 0 bridgehead atoms. The van der Waals surface area contributed by atoms with Crippen LogP contribution in [-0.4, -0.2) is 33.3 Å². The number of carbonyl (C=O) groups is 1. The minimum atomic E-state index is -4.01. The zero-order valence-corrected chi connectivity index (χ0v) is 24.3. The molecule has 0 fully saturated rings. The van der Waals surface area contributed by atoms with Gasteiger partial charge in [-0.2, -0.15) is 5.10 Å². The van der Waals surface area contributed by atoms with E-state index in [1.54, 1.807) is 72.8 Å². The molecule has 4 rings (SSSR count). The van der Waals surface area contributed by atoms with Gasteiger partial charge in [-0.15, -0.1) is 11.8 Å². The highest BCUT2D eigenvalue weighted by molar-refractivity contribution is 7.98. The van der Waals surface area contributed by atoms with Gasteiger partial charge in [0.05, 0.1) is 16.8 Å². The summed E-state index contributed by atoms with van der Waals surface area (Å²) in [5, 5.41) is 4.68. The first-order chi connectivity index (χ1) is 19.2. The number of nitrogens with zero attached hydrogens (tertiary/aromatic N) is 2. The molecule has 0 saturated carbocycles. The molecule has 206 valence electrons. The number of sulfonamides is 1. The van der Waals surface area contributed by atoms with Crippen LogP contribution in [0.4, 0.5) is 5.69 Å². The summed E-state index contributed by atoms with van der Waals surface area (Å²) in [5.41, 5.74) is 5.51. The van der Waals surface area contributed by atoms with Gasteiger partial charge in [-0.05, 0) is 97.1 Å². The van der Waals surface area contributed by atoms with Crippen molar-refractivity contribution in [1.82, 2.24) is 5.43 Å². The molecule has 0 aliphatic heterocycles. The maximum atomic E-state index is 13.5. The molecule has 0 aromatic heterocycles. The second kappa shape index (κ2) is 13.5. The molecule has 0 heterocycles. The molecule has 40 heavy (non-hydrogen) atoms. The number of carbonyl (C=O) groups excluding carboxylic acids is 1. The largest absolute Gasteiger partial charge is 0.489 e. The Hall–Kier alpha value is -3.79. The number of aryl methyl sites for hydroxylation is 1. The van der Waals surface area contributed by atoms with Gasteiger partial charge in [0.25, 0.3) is 15.9 Å². The van der Waals surface area contributed by atoms with Crippen LogP contribution in [0.15, 0.2) is 112 Å². The van der Waals surface area contributed by atoms with E-state index in [2.05, 4.69) is 10.5 Å². The van der Waals surface area contributed by atoms with Crippen LogP contribution in [0.25, 0.3) is 0 Å². The fourth-order valence-corrected chi connectivity index (χ4v) is 5.60. The molecular formula is C30H28ClN3O4S2. The quantitative estimate of drug-likeness (QED) is 0.125. The summed E-state index contributed by atoms with van der Waals surface area (Å²) in [5.74, 6) is 0.102. The van der Waals surface area contributed by atoms with Crippen molar-refractivity contribution in [2.24, 2.45) is 5.10 Å². The number of benzene rings is 4. The van der Waals surface area contributed by atoms with Gasteiger partial charge in [0.1, 0.15) is 18.9 Å². The zero-order chi connectivity index (χ0) is 28.5. The van der Waals surface area contributed by atoms with E-state index in [0.717, 1.165) is 25.9 Å². The molecule has 0 aliphatic rings. The number of thioether (sulfide) groups is 1. The van der Waals surface area contributed by atoms with Gasteiger partial charge in [0, 0.05) is 9.92 Å². The first kappa shape index (κ1) is 29.2. The number of hydrogen-bond donors (Lipinski definition) is 1. The predicted octanol–water partition coefficient (Wildman–Crippen LogP) is 6.29. The Labute approximate surface area is 243 Å². The number of hydrazone groups is 1. The highest BCUT2D eigenvalue weighted by Gasteiger charge is 2.27. The summed E-state index contributed by atoms with van der Waals surface area (Å²) in [4.78, 5) is 13.8. The lowest BCUT2D eigenvalue weighted by Crippen LogP contribution is -2.39. The van der Waals surface area contributed by atoms with Crippen molar-refractivity contribution in [3.8, 4) is 5.75 Å². The molecule has 0 aliphatic carbocycles. The lowest BCUT2D eigenvalue weighted by atomic mass is 10.2. The normalized spacial score (nSPS) is 11.4. The minimum Gasteiger partial charge on any atom is -0.489 e. The van der Waals surface area contributed by atoms with Gasteiger partial charge in [-0.25, -0.2) is 13.8 Å². The van der Waals surface area contributed by atoms with E-state index in [0.29, 0.717) is 23.1 Å². The smallest absolute Gasteiger partial charge is 0.264 e. The molecular weight excluding hydrogens is 566 g/mol. The first-order valence-electron chi connectivity index (χ1n) is 12.3. The average molecular weight is 594 g/mol. The summed E-state index contributed by atoms with van der Waals surface area (Å²) in [6.07, 6.45) is 3.39. The molecule has 10 heteroatoms.